The number of ether oxygens (including phenoxy) is 2. The van der Waals surface area contributed by atoms with Gasteiger partial charge in [0.2, 0.25) is 10.0 Å². The van der Waals surface area contributed by atoms with Crippen molar-refractivity contribution < 1.29 is 22.7 Å². The first-order chi connectivity index (χ1) is 15.9. The lowest BCUT2D eigenvalue weighted by Gasteiger charge is -2.34. The monoisotopic (exact) mass is 474 g/mol. The second kappa shape index (κ2) is 11.6. The Hall–Kier alpha value is -2.42. The number of para-hydroxylation sites is 1. The number of carbonyl (C=O) groups is 1. The van der Waals surface area contributed by atoms with Crippen molar-refractivity contribution >= 4 is 15.9 Å². The second-order valence-electron chi connectivity index (χ2n) is 8.12. The third-order valence-electron chi connectivity index (χ3n) is 6.03. The van der Waals surface area contributed by atoms with Crippen molar-refractivity contribution in [2.75, 3.05) is 46.0 Å². The molecule has 1 saturated heterocycles. The fourth-order valence-corrected chi connectivity index (χ4v) is 5.20. The summed E-state index contributed by atoms with van der Waals surface area (Å²) in [6.07, 6.45) is 1.00. The summed E-state index contributed by atoms with van der Waals surface area (Å²) in [4.78, 5) is 15.1. The number of benzene rings is 2. The van der Waals surface area contributed by atoms with Gasteiger partial charge in [0.15, 0.2) is 0 Å². The Morgan fingerprint density at radius 2 is 1.64 bits per heavy atom. The number of amides is 1. The van der Waals surface area contributed by atoms with Crippen molar-refractivity contribution in [2.24, 2.45) is 0 Å². The van der Waals surface area contributed by atoms with Gasteiger partial charge in [-0.2, -0.15) is 4.31 Å². The molecule has 1 aliphatic rings. The second-order valence-corrected chi connectivity index (χ2v) is 10.1. The number of rotatable bonds is 10. The van der Waals surface area contributed by atoms with Crippen molar-refractivity contribution in [1.82, 2.24) is 9.21 Å². The molecule has 1 fully saturated rings. The Labute approximate surface area is 197 Å². The molecule has 7 nitrogen and oxygen atoms in total. The predicted octanol–water partition coefficient (Wildman–Crippen LogP) is 3.76. The zero-order valence-corrected chi connectivity index (χ0v) is 20.5. The van der Waals surface area contributed by atoms with Crippen LogP contribution >= 0.6 is 0 Å². The van der Waals surface area contributed by atoms with E-state index in [4.69, 9.17) is 9.47 Å². The Morgan fingerprint density at radius 1 is 0.970 bits per heavy atom. The number of carbonyl (C=O) groups excluding carboxylic acids is 1. The summed E-state index contributed by atoms with van der Waals surface area (Å²) in [6.45, 7) is 8.76. The average Bonchev–Trinajstić information content (AvgIpc) is 2.86. The van der Waals surface area contributed by atoms with Gasteiger partial charge >= 0.3 is 0 Å². The molecule has 0 bridgehead atoms. The minimum Gasteiger partial charge on any atom is -0.490 e. The summed E-state index contributed by atoms with van der Waals surface area (Å²) in [5.41, 5.74) is 1.61. The highest BCUT2D eigenvalue weighted by atomic mass is 32.2. The van der Waals surface area contributed by atoms with E-state index in [0.29, 0.717) is 55.0 Å². The SMILES string of the molecule is CCOCCOc1ccccc1C(=O)N1CCN(S(=O)(=O)c2ccc(C(C)CC)cc2)CC1. The minimum atomic E-state index is -3.59. The molecule has 2 aromatic rings. The largest absolute Gasteiger partial charge is 0.490 e. The molecule has 0 radical (unpaired) electrons. The lowest BCUT2D eigenvalue weighted by molar-refractivity contribution is 0.0688. The molecule has 1 unspecified atom stereocenters. The summed E-state index contributed by atoms with van der Waals surface area (Å²) in [7, 11) is -3.59. The van der Waals surface area contributed by atoms with Crippen LogP contribution in [-0.4, -0.2) is 69.5 Å². The minimum absolute atomic E-state index is 0.156. The van der Waals surface area contributed by atoms with Crippen molar-refractivity contribution in [3.63, 3.8) is 0 Å². The van der Waals surface area contributed by atoms with E-state index < -0.39 is 10.0 Å². The molecule has 2 aromatic carbocycles. The summed E-state index contributed by atoms with van der Waals surface area (Å²) < 4.78 is 38.7. The van der Waals surface area contributed by atoms with E-state index in [0.717, 1.165) is 12.0 Å². The fourth-order valence-electron chi connectivity index (χ4n) is 3.78. The summed E-state index contributed by atoms with van der Waals surface area (Å²) >= 11 is 0. The van der Waals surface area contributed by atoms with E-state index in [9.17, 15) is 13.2 Å². The van der Waals surface area contributed by atoms with Crippen LogP contribution in [0.5, 0.6) is 5.75 Å². The first kappa shape index (κ1) is 25.2. The molecule has 3 rings (SSSR count). The fraction of sp³-hybridized carbons (Fsp3) is 0.480. The molecule has 0 spiro atoms. The molecular weight excluding hydrogens is 440 g/mol. The molecule has 1 atom stereocenters. The molecule has 8 heteroatoms. The van der Waals surface area contributed by atoms with Crippen molar-refractivity contribution in [2.45, 2.75) is 38.0 Å². The lowest BCUT2D eigenvalue weighted by atomic mass is 9.99. The number of hydrogen-bond donors (Lipinski definition) is 0. The van der Waals surface area contributed by atoms with E-state index in [1.54, 1.807) is 35.2 Å². The number of sulfonamides is 1. The first-order valence-corrected chi connectivity index (χ1v) is 13.0. The maximum absolute atomic E-state index is 13.1. The summed E-state index contributed by atoms with van der Waals surface area (Å²) in [6, 6.07) is 14.3. The maximum Gasteiger partial charge on any atom is 0.257 e. The molecule has 0 N–H and O–H groups in total. The van der Waals surface area contributed by atoms with Crippen LogP contribution in [0.1, 0.15) is 49.0 Å². The van der Waals surface area contributed by atoms with Gasteiger partial charge in [-0.25, -0.2) is 8.42 Å². The van der Waals surface area contributed by atoms with Gasteiger partial charge in [-0.05, 0) is 49.1 Å². The van der Waals surface area contributed by atoms with Crippen molar-refractivity contribution in [3.8, 4) is 5.75 Å². The standard InChI is InChI=1S/C25H34N2O5S/c1-4-20(3)21-10-12-22(13-11-21)33(29,30)27-16-14-26(15-17-27)25(28)23-8-6-7-9-24(23)32-19-18-31-5-2/h6-13,20H,4-5,14-19H2,1-3H3. The molecular formula is C25H34N2O5S. The lowest BCUT2D eigenvalue weighted by Crippen LogP contribution is -2.50. The van der Waals surface area contributed by atoms with Gasteiger partial charge in [-0.15, -0.1) is 0 Å². The number of piperazine rings is 1. The topological polar surface area (TPSA) is 76.2 Å². The van der Waals surface area contributed by atoms with Crippen LogP contribution in [0, 0.1) is 0 Å². The number of nitrogens with zero attached hydrogens (tertiary/aromatic N) is 2. The molecule has 1 heterocycles. The van der Waals surface area contributed by atoms with Gasteiger partial charge in [0.05, 0.1) is 17.1 Å². The van der Waals surface area contributed by atoms with E-state index in [1.165, 1.54) is 4.31 Å². The highest BCUT2D eigenvalue weighted by Gasteiger charge is 2.31. The van der Waals surface area contributed by atoms with Gasteiger partial charge in [-0.3, -0.25) is 4.79 Å². The maximum atomic E-state index is 13.1. The van der Waals surface area contributed by atoms with Gasteiger partial charge < -0.3 is 14.4 Å². The predicted molar refractivity (Wildman–Crippen MR) is 128 cm³/mol. The smallest absolute Gasteiger partial charge is 0.257 e. The Kier molecular flexibility index (Phi) is 8.88. The van der Waals surface area contributed by atoms with Gasteiger partial charge in [-0.1, -0.05) is 38.1 Å². The quantitative estimate of drug-likeness (QED) is 0.490. The Morgan fingerprint density at radius 3 is 2.27 bits per heavy atom. The summed E-state index contributed by atoms with van der Waals surface area (Å²) in [5, 5.41) is 0. The normalized spacial score (nSPS) is 15.9. The van der Waals surface area contributed by atoms with E-state index in [-0.39, 0.29) is 19.0 Å². The molecule has 0 aliphatic carbocycles. The zero-order chi connectivity index (χ0) is 23.8. The zero-order valence-electron chi connectivity index (χ0n) is 19.7. The molecule has 1 amide bonds. The Bertz CT molecular complexity index is 1020. The summed E-state index contributed by atoms with van der Waals surface area (Å²) in [5.74, 6) is 0.748. The van der Waals surface area contributed by atoms with E-state index in [1.807, 2.05) is 25.1 Å². The van der Waals surface area contributed by atoms with Crippen molar-refractivity contribution in [1.29, 1.82) is 0 Å². The molecule has 1 aliphatic heterocycles. The number of hydrogen-bond acceptors (Lipinski definition) is 5. The van der Waals surface area contributed by atoms with E-state index >= 15 is 0 Å². The van der Waals surface area contributed by atoms with Crippen LogP contribution in [0.4, 0.5) is 0 Å². The van der Waals surface area contributed by atoms with Gasteiger partial charge in [0, 0.05) is 32.8 Å². The molecule has 0 saturated carbocycles. The third kappa shape index (κ3) is 6.13. The van der Waals surface area contributed by atoms with Crippen LogP contribution < -0.4 is 4.74 Å². The van der Waals surface area contributed by atoms with Crippen LogP contribution in [-0.2, 0) is 14.8 Å². The van der Waals surface area contributed by atoms with Crippen LogP contribution in [0.2, 0.25) is 0 Å². The first-order valence-electron chi connectivity index (χ1n) is 11.6. The van der Waals surface area contributed by atoms with Gasteiger partial charge in [0.25, 0.3) is 5.91 Å². The average molecular weight is 475 g/mol. The third-order valence-corrected chi connectivity index (χ3v) is 7.94. The highest BCUT2D eigenvalue weighted by molar-refractivity contribution is 7.89. The van der Waals surface area contributed by atoms with Crippen LogP contribution in [0.3, 0.4) is 0 Å². The molecule has 33 heavy (non-hydrogen) atoms. The van der Waals surface area contributed by atoms with Crippen LogP contribution in [0.15, 0.2) is 53.4 Å². The van der Waals surface area contributed by atoms with Crippen LogP contribution in [0.25, 0.3) is 0 Å². The Balaban J connectivity index is 1.63. The molecule has 0 aromatic heterocycles. The van der Waals surface area contributed by atoms with Crippen molar-refractivity contribution in [3.05, 3.63) is 59.7 Å². The van der Waals surface area contributed by atoms with Gasteiger partial charge in [0.1, 0.15) is 12.4 Å². The highest BCUT2D eigenvalue weighted by Crippen LogP contribution is 2.24. The van der Waals surface area contributed by atoms with E-state index in [2.05, 4.69) is 13.8 Å². The molecule has 180 valence electrons.